The van der Waals surface area contributed by atoms with Crippen LogP contribution in [0.2, 0.25) is 5.02 Å². The Morgan fingerprint density at radius 1 is 1.59 bits per heavy atom. The van der Waals surface area contributed by atoms with E-state index in [0.717, 1.165) is 0 Å². The number of rotatable bonds is 5. The maximum absolute atomic E-state index is 12.8. The third-order valence-corrected chi connectivity index (χ3v) is 2.42. The molecule has 1 atom stereocenters. The van der Waals surface area contributed by atoms with Crippen molar-refractivity contribution >= 4 is 23.3 Å². The van der Waals surface area contributed by atoms with Gasteiger partial charge in [-0.2, -0.15) is 0 Å². The number of ether oxygens (including phenoxy) is 1. The topological polar surface area (TPSA) is 38.3 Å². The average Bonchev–Trinajstić information content (AvgIpc) is 2.22. The predicted octanol–water partition coefficient (Wildman–Crippen LogP) is 3.23. The van der Waals surface area contributed by atoms with E-state index >= 15 is 0 Å². The summed E-state index contributed by atoms with van der Waals surface area (Å²) in [6, 6.07) is 3.95. The van der Waals surface area contributed by atoms with E-state index in [4.69, 9.17) is 16.3 Å². The van der Waals surface area contributed by atoms with Crippen molar-refractivity contribution in [3.8, 4) is 0 Å². The van der Waals surface area contributed by atoms with Gasteiger partial charge in [-0.05, 0) is 32.0 Å². The van der Waals surface area contributed by atoms with E-state index in [1.165, 1.54) is 12.1 Å². The van der Waals surface area contributed by atoms with Crippen molar-refractivity contribution in [2.45, 2.75) is 26.3 Å². The number of halogens is 2. The van der Waals surface area contributed by atoms with Crippen molar-refractivity contribution < 1.29 is 13.9 Å². The molecule has 1 unspecified atom stereocenters. The van der Waals surface area contributed by atoms with E-state index < -0.39 is 5.82 Å². The van der Waals surface area contributed by atoms with Crippen LogP contribution in [-0.4, -0.2) is 18.6 Å². The molecule has 0 aliphatic heterocycles. The molecule has 0 aromatic heterocycles. The Morgan fingerprint density at radius 3 is 2.88 bits per heavy atom. The highest BCUT2D eigenvalue weighted by atomic mass is 35.5. The Bertz CT molecular complexity index is 398. The fourth-order valence-corrected chi connectivity index (χ4v) is 1.61. The lowest BCUT2D eigenvalue weighted by Gasteiger charge is -2.15. The summed E-state index contributed by atoms with van der Waals surface area (Å²) in [5.41, 5.74) is 0.602. The molecule has 1 aromatic rings. The maximum Gasteiger partial charge on any atom is 0.307 e. The number of anilines is 1. The molecule has 0 heterocycles. The van der Waals surface area contributed by atoms with Crippen molar-refractivity contribution in [3.63, 3.8) is 0 Å². The fourth-order valence-electron chi connectivity index (χ4n) is 1.39. The van der Waals surface area contributed by atoms with Gasteiger partial charge in [-0.25, -0.2) is 4.39 Å². The van der Waals surface area contributed by atoms with Crippen molar-refractivity contribution in [3.05, 3.63) is 29.0 Å². The first-order valence-electron chi connectivity index (χ1n) is 5.40. The highest BCUT2D eigenvalue weighted by Crippen LogP contribution is 2.23. The second-order valence-corrected chi connectivity index (χ2v) is 4.09. The Morgan fingerprint density at radius 2 is 2.29 bits per heavy atom. The normalized spacial score (nSPS) is 12.0. The summed E-state index contributed by atoms with van der Waals surface area (Å²) in [5, 5.41) is 3.32. The Balaban J connectivity index is 2.55. The van der Waals surface area contributed by atoms with Gasteiger partial charge in [0.1, 0.15) is 5.82 Å². The summed E-state index contributed by atoms with van der Waals surface area (Å²) in [4.78, 5) is 11.2. The monoisotopic (exact) mass is 259 g/mol. The molecule has 1 aromatic carbocycles. The number of benzene rings is 1. The summed E-state index contributed by atoms with van der Waals surface area (Å²) >= 11 is 5.85. The molecule has 0 saturated carbocycles. The summed E-state index contributed by atoms with van der Waals surface area (Å²) in [5.74, 6) is -0.663. The van der Waals surface area contributed by atoms with Gasteiger partial charge < -0.3 is 10.1 Å². The fraction of sp³-hybridized carbons (Fsp3) is 0.417. The van der Waals surface area contributed by atoms with Crippen molar-refractivity contribution in [2.24, 2.45) is 0 Å². The summed E-state index contributed by atoms with van der Waals surface area (Å²) in [6.45, 7) is 3.95. The van der Waals surface area contributed by atoms with Crippen molar-refractivity contribution in [1.29, 1.82) is 0 Å². The lowest BCUT2D eigenvalue weighted by atomic mass is 10.2. The quantitative estimate of drug-likeness (QED) is 0.825. The van der Waals surface area contributed by atoms with Crippen LogP contribution in [0.25, 0.3) is 0 Å². The standard InChI is InChI=1S/C12H15ClFNO2/c1-3-17-12(16)6-8(2)15-11-5-4-9(14)7-10(11)13/h4-5,7-8,15H,3,6H2,1-2H3. The van der Waals surface area contributed by atoms with Crippen molar-refractivity contribution in [2.75, 3.05) is 11.9 Å². The SMILES string of the molecule is CCOC(=O)CC(C)Nc1ccc(F)cc1Cl. The minimum Gasteiger partial charge on any atom is -0.466 e. The first-order chi connectivity index (χ1) is 8.02. The van der Waals surface area contributed by atoms with Crippen LogP contribution in [0.15, 0.2) is 18.2 Å². The Hall–Kier alpha value is -1.29. The smallest absolute Gasteiger partial charge is 0.307 e. The van der Waals surface area contributed by atoms with Crippen LogP contribution in [0.3, 0.4) is 0 Å². The molecule has 0 amide bonds. The third-order valence-electron chi connectivity index (χ3n) is 2.11. The van der Waals surface area contributed by atoms with Crippen LogP contribution in [0.4, 0.5) is 10.1 Å². The van der Waals surface area contributed by atoms with Crippen LogP contribution >= 0.6 is 11.6 Å². The van der Waals surface area contributed by atoms with Crippen LogP contribution in [-0.2, 0) is 9.53 Å². The Labute approximate surface area is 105 Å². The lowest BCUT2D eigenvalue weighted by molar-refractivity contribution is -0.143. The molecule has 3 nitrogen and oxygen atoms in total. The lowest BCUT2D eigenvalue weighted by Crippen LogP contribution is -2.21. The highest BCUT2D eigenvalue weighted by Gasteiger charge is 2.11. The minimum absolute atomic E-state index is 0.128. The molecule has 0 aliphatic rings. The second-order valence-electron chi connectivity index (χ2n) is 3.68. The van der Waals surface area contributed by atoms with Gasteiger partial charge in [0.15, 0.2) is 0 Å². The zero-order chi connectivity index (χ0) is 12.8. The zero-order valence-corrected chi connectivity index (χ0v) is 10.6. The molecule has 0 saturated heterocycles. The molecule has 0 fully saturated rings. The van der Waals surface area contributed by atoms with Gasteiger partial charge in [-0.1, -0.05) is 11.6 Å². The number of hydrogen-bond acceptors (Lipinski definition) is 3. The Kier molecular flexibility index (Phi) is 5.22. The molecule has 94 valence electrons. The van der Waals surface area contributed by atoms with Crippen LogP contribution < -0.4 is 5.32 Å². The zero-order valence-electron chi connectivity index (χ0n) is 9.80. The highest BCUT2D eigenvalue weighted by molar-refractivity contribution is 6.33. The number of carbonyl (C=O) groups is 1. The van der Waals surface area contributed by atoms with Crippen LogP contribution in [0.5, 0.6) is 0 Å². The molecule has 5 heteroatoms. The minimum atomic E-state index is -0.390. The van der Waals surface area contributed by atoms with E-state index in [1.807, 2.05) is 6.92 Å². The third kappa shape index (κ3) is 4.61. The molecule has 0 radical (unpaired) electrons. The van der Waals surface area contributed by atoms with Crippen molar-refractivity contribution in [1.82, 2.24) is 0 Å². The van der Waals surface area contributed by atoms with E-state index in [0.29, 0.717) is 17.3 Å². The van der Waals surface area contributed by atoms with E-state index in [-0.39, 0.29) is 18.4 Å². The van der Waals surface area contributed by atoms with Crippen LogP contribution in [0.1, 0.15) is 20.3 Å². The van der Waals surface area contributed by atoms with Gasteiger partial charge in [0.05, 0.1) is 23.7 Å². The average molecular weight is 260 g/mol. The first kappa shape index (κ1) is 13.8. The first-order valence-corrected chi connectivity index (χ1v) is 5.78. The summed E-state index contributed by atoms with van der Waals surface area (Å²) < 4.78 is 17.6. The number of hydrogen-bond donors (Lipinski definition) is 1. The molecule has 1 rings (SSSR count). The van der Waals surface area contributed by atoms with Gasteiger partial charge in [-0.3, -0.25) is 4.79 Å². The van der Waals surface area contributed by atoms with E-state index in [2.05, 4.69) is 5.32 Å². The van der Waals surface area contributed by atoms with Gasteiger partial charge in [-0.15, -0.1) is 0 Å². The van der Waals surface area contributed by atoms with E-state index in [9.17, 15) is 9.18 Å². The van der Waals surface area contributed by atoms with Gasteiger partial charge >= 0.3 is 5.97 Å². The number of esters is 1. The molecular formula is C12H15ClFNO2. The number of nitrogens with one attached hydrogen (secondary N) is 1. The van der Waals surface area contributed by atoms with Gasteiger partial charge in [0.2, 0.25) is 0 Å². The molecule has 0 aliphatic carbocycles. The largest absolute Gasteiger partial charge is 0.466 e. The van der Waals surface area contributed by atoms with Gasteiger partial charge in [0, 0.05) is 6.04 Å². The second kappa shape index (κ2) is 6.45. The number of carbonyl (C=O) groups excluding carboxylic acids is 1. The molecule has 0 spiro atoms. The van der Waals surface area contributed by atoms with Crippen LogP contribution in [0, 0.1) is 5.82 Å². The molecule has 1 N–H and O–H groups in total. The summed E-state index contributed by atoms with van der Waals surface area (Å²) in [7, 11) is 0. The molecule has 0 bridgehead atoms. The predicted molar refractivity (Wildman–Crippen MR) is 65.7 cm³/mol. The van der Waals surface area contributed by atoms with Gasteiger partial charge in [0.25, 0.3) is 0 Å². The maximum atomic E-state index is 12.8. The van der Waals surface area contributed by atoms with E-state index in [1.54, 1.807) is 13.0 Å². The summed E-state index contributed by atoms with van der Waals surface area (Å²) in [6.07, 6.45) is 0.238. The molecular weight excluding hydrogens is 245 g/mol. The molecule has 17 heavy (non-hydrogen) atoms.